The summed E-state index contributed by atoms with van der Waals surface area (Å²) < 4.78 is 6.11. The number of hydrogen-bond acceptors (Lipinski definition) is 3. The first-order valence-electron chi connectivity index (χ1n) is 9.98. The van der Waals surface area contributed by atoms with Crippen LogP contribution in [0.4, 0.5) is 21.0 Å². The van der Waals surface area contributed by atoms with Gasteiger partial charge in [0.25, 0.3) is 0 Å². The van der Waals surface area contributed by atoms with E-state index in [4.69, 9.17) is 4.74 Å². The van der Waals surface area contributed by atoms with E-state index in [0.717, 1.165) is 49.2 Å². The zero-order chi connectivity index (χ0) is 18.8. The second-order valence-corrected chi connectivity index (χ2v) is 7.66. The third-order valence-electron chi connectivity index (χ3n) is 5.80. The van der Waals surface area contributed by atoms with Crippen LogP contribution in [0.2, 0.25) is 0 Å². The molecule has 27 heavy (non-hydrogen) atoms. The summed E-state index contributed by atoms with van der Waals surface area (Å²) in [4.78, 5) is 28.3. The molecule has 0 radical (unpaired) electrons. The number of amides is 4. The lowest BCUT2D eigenvalue weighted by molar-refractivity contribution is -0.0714. The van der Waals surface area contributed by atoms with Crippen molar-refractivity contribution in [1.82, 2.24) is 10.2 Å². The molecule has 2 N–H and O–H groups in total. The van der Waals surface area contributed by atoms with Crippen LogP contribution in [0.3, 0.4) is 0 Å². The van der Waals surface area contributed by atoms with E-state index in [1.165, 1.54) is 6.42 Å². The SMILES string of the molecule is Cc1c(NC(=O)N2CCCC(OC3CCC3)C2)cccc1N1CCNC1=O. The lowest BCUT2D eigenvalue weighted by Gasteiger charge is -2.37. The van der Waals surface area contributed by atoms with E-state index in [-0.39, 0.29) is 18.2 Å². The number of hydrogen-bond donors (Lipinski definition) is 2. The van der Waals surface area contributed by atoms with Gasteiger partial charge in [-0.2, -0.15) is 0 Å². The maximum atomic E-state index is 12.8. The molecule has 1 unspecified atom stereocenters. The van der Waals surface area contributed by atoms with E-state index in [2.05, 4.69) is 10.6 Å². The Labute approximate surface area is 160 Å². The number of anilines is 2. The minimum absolute atomic E-state index is 0.0893. The van der Waals surface area contributed by atoms with Crippen molar-refractivity contribution < 1.29 is 14.3 Å². The molecule has 1 saturated carbocycles. The third kappa shape index (κ3) is 3.88. The van der Waals surface area contributed by atoms with Gasteiger partial charge < -0.3 is 20.3 Å². The molecule has 0 aromatic heterocycles. The Hall–Kier alpha value is -2.28. The van der Waals surface area contributed by atoms with Crippen molar-refractivity contribution in [3.8, 4) is 0 Å². The Morgan fingerprint density at radius 2 is 2.00 bits per heavy atom. The molecule has 7 nitrogen and oxygen atoms in total. The molecule has 2 heterocycles. The van der Waals surface area contributed by atoms with E-state index in [1.54, 1.807) is 4.90 Å². The van der Waals surface area contributed by atoms with Gasteiger partial charge in [0.05, 0.1) is 17.9 Å². The van der Waals surface area contributed by atoms with Gasteiger partial charge in [0.15, 0.2) is 0 Å². The van der Waals surface area contributed by atoms with E-state index >= 15 is 0 Å². The topological polar surface area (TPSA) is 73.9 Å². The number of nitrogens with one attached hydrogen (secondary N) is 2. The normalized spacial score (nSPS) is 23.1. The summed E-state index contributed by atoms with van der Waals surface area (Å²) >= 11 is 0. The fraction of sp³-hybridized carbons (Fsp3) is 0.600. The maximum Gasteiger partial charge on any atom is 0.322 e. The van der Waals surface area contributed by atoms with Gasteiger partial charge in [0.2, 0.25) is 0 Å². The molecule has 4 rings (SSSR count). The standard InChI is InChI=1S/C20H28N4O3/c1-14-17(8-3-9-18(14)24-12-10-21-19(24)25)22-20(26)23-11-4-7-16(13-23)27-15-5-2-6-15/h3,8-9,15-16H,2,4-7,10-13H2,1H3,(H,21,25)(H,22,26). The Morgan fingerprint density at radius 3 is 2.70 bits per heavy atom. The summed E-state index contributed by atoms with van der Waals surface area (Å²) in [6.07, 6.45) is 6.10. The molecule has 2 saturated heterocycles. The number of rotatable bonds is 4. The molecular weight excluding hydrogens is 344 g/mol. The van der Waals surface area contributed by atoms with Crippen LogP contribution in [0, 0.1) is 6.92 Å². The van der Waals surface area contributed by atoms with E-state index in [1.807, 2.05) is 30.0 Å². The van der Waals surface area contributed by atoms with Gasteiger partial charge >= 0.3 is 12.1 Å². The Bertz CT molecular complexity index is 719. The average molecular weight is 372 g/mol. The third-order valence-corrected chi connectivity index (χ3v) is 5.80. The predicted molar refractivity (Wildman–Crippen MR) is 104 cm³/mol. The van der Waals surface area contributed by atoms with Gasteiger partial charge in [0, 0.05) is 31.9 Å². The van der Waals surface area contributed by atoms with E-state index < -0.39 is 0 Å². The summed E-state index contributed by atoms with van der Waals surface area (Å²) in [5.41, 5.74) is 2.49. The largest absolute Gasteiger partial charge is 0.373 e. The molecule has 3 fully saturated rings. The number of nitrogens with zero attached hydrogens (tertiary/aromatic N) is 2. The monoisotopic (exact) mass is 372 g/mol. The van der Waals surface area contributed by atoms with Crippen LogP contribution in [0.5, 0.6) is 0 Å². The lowest BCUT2D eigenvalue weighted by atomic mass is 9.95. The highest BCUT2D eigenvalue weighted by molar-refractivity contribution is 5.97. The molecule has 1 aromatic carbocycles. The van der Waals surface area contributed by atoms with E-state index in [0.29, 0.717) is 25.7 Å². The highest BCUT2D eigenvalue weighted by Gasteiger charge is 2.29. The van der Waals surface area contributed by atoms with Gasteiger partial charge in [-0.15, -0.1) is 0 Å². The molecule has 0 spiro atoms. The summed E-state index contributed by atoms with van der Waals surface area (Å²) in [6.45, 7) is 4.63. The minimum Gasteiger partial charge on any atom is -0.373 e. The summed E-state index contributed by atoms with van der Waals surface area (Å²) in [7, 11) is 0. The number of likely N-dealkylation sites (tertiary alicyclic amines) is 1. The zero-order valence-electron chi connectivity index (χ0n) is 15.9. The summed E-state index contributed by atoms with van der Waals surface area (Å²) in [6, 6.07) is 5.50. The number of ether oxygens (including phenoxy) is 1. The van der Waals surface area contributed by atoms with Crippen LogP contribution < -0.4 is 15.5 Å². The lowest BCUT2D eigenvalue weighted by Crippen LogP contribution is -2.46. The Kier molecular flexibility index (Phi) is 5.20. The first-order valence-corrected chi connectivity index (χ1v) is 9.98. The molecule has 7 heteroatoms. The van der Waals surface area contributed by atoms with Crippen LogP contribution in [0.1, 0.15) is 37.7 Å². The number of benzene rings is 1. The second-order valence-electron chi connectivity index (χ2n) is 7.66. The first-order chi connectivity index (χ1) is 13.1. The van der Waals surface area contributed by atoms with E-state index in [9.17, 15) is 9.59 Å². The van der Waals surface area contributed by atoms with Crippen molar-refractivity contribution in [3.05, 3.63) is 23.8 Å². The number of carbonyl (C=O) groups is 2. The average Bonchev–Trinajstić information content (AvgIpc) is 3.06. The van der Waals surface area contributed by atoms with Crippen LogP contribution in [-0.2, 0) is 4.74 Å². The number of urea groups is 2. The summed E-state index contributed by atoms with van der Waals surface area (Å²) in [5, 5.41) is 5.85. The second kappa shape index (κ2) is 7.76. The predicted octanol–water partition coefficient (Wildman–Crippen LogP) is 3.09. The number of carbonyl (C=O) groups excluding carboxylic acids is 2. The summed E-state index contributed by atoms with van der Waals surface area (Å²) in [5.74, 6) is 0. The Morgan fingerprint density at radius 1 is 1.19 bits per heavy atom. The fourth-order valence-electron chi connectivity index (χ4n) is 3.96. The van der Waals surface area contributed by atoms with Crippen molar-refractivity contribution in [2.45, 2.75) is 51.2 Å². The molecule has 2 aliphatic heterocycles. The van der Waals surface area contributed by atoms with Crippen LogP contribution >= 0.6 is 0 Å². The van der Waals surface area contributed by atoms with Crippen LogP contribution in [0.15, 0.2) is 18.2 Å². The molecule has 1 aliphatic carbocycles. The molecular formula is C20H28N4O3. The van der Waals surface area contributed by atoms with Gasteiger partial charge in [-0.25, -0.2) is 9.59 Å². The van der Waals surface area contributed by atoms with Gasteiger partial charge in [-0.1, -0.05) is 6.07 Å². The Balaban J connectivity index is 1.40. The highest BCUT2D eigenvalue weighted by atomic mass is 16.5. The minimum atomic E-state index is -0.0944. The molecule has 146 valence electrons. The van der Waals surface area contributed by atoms with Crippen molar-refractivity contribution >= 4 is 23.4 Å². The first kappa shape index (κ1) is 18.1. The molecule has 4 amide bonds. The molecule has 1 atom stereocenters. The van der Waals surface area contributed by atoms with Gasteiger partial charge in [-0.3, -0.25) is 4.90 Å². The fourth-order valence-corrected chi connectivity index (χ4v) is 3.96. The quantitative estimate of drug-likeness (QED) is 0.853. The van der Waals surface area contributed by atoms with Crippen molar-refractivity contribution in [2.75, 3.05) is 36.4 Å². The van der Waals surface area contributed by atoms with Gasteiger partial charge in [-0.05, 0) is 56.7 Å². The highest BCUT2D eigenvalue weighted by Crippen LogP contribution is 2.29. The molecule has 0 bridgehead atoms. The number of piperidine rings is 1. The van der Waals surface area contributed by atoms with Gasteiger partial charge in [0.1, 0.15) is 0 Å². The maximum absolute atomic E-state index is 12.8. The molecule has 3 aliphatic rings. The smallest absolute Gasteiger partial charge is 0.322 e. The molecule has 1 aromatic rings. The van der Waals surface area contributed by atoms with Crippen LogP contribution in [0.25, 0.3) is 0 Å². The van der Waals surface area contributed by atoms with Crippen molar-refractivity contribution in [3.63, 3.8) is 0 Å². The van der Waals surface area contributed by atoms with Crippen molar-refractivity contribution in [2.24, 2.45) is 0 Å². The zero-order valence-corrected chi connectivity index (χ0v) is 15.9. The van der Waals surface area contributed by atoms with Crippen LogP contribution in [-0.4, -0.2) is 55.3 Å². The van der Waals surface area contributed by atoms with Crippen molar-refractivity contribution in [1.29, 1.82) is 0 Å².